The van der Waals surface area contributed by atoms with Crippen molar-refractivity contribution in [3.63, 3.8) is 0 Å². The first-order chi connectivity index (χ1) is 8.19. The third kappa shape index (κ3) is 2.36. The fourth-order valence-electron chi connectivity index (χ4n) is 3.13. The molecule has 2 aliphatic rings. The van der Waals surface area contributed by atoms with Crippen LogP contribution in [0.2, 0.25) is 5.02 Å². The minimum absolute atomic E-state index is 0.146. The smallest absolute Gasteiger partial charge is 0.141 e. The lowest BCUT2D eigenvalue weighted by atomic mass is 9.89. The van der Waals surface area contributed by atoms with Crippen LogP contribution >= 0.6 is 34.2 Å². The summed E-state index contributed by atoms with van der Waals surface area (Å²) in [7, 11) is 0. The normalized spacial score (nSPS) is 27.8. The number of nitrogens with zero attached hydrogens (tertiary/aromatic N) is 2. The lowest BCUT2D eigenvalue weighted by molar-refractivity contribution is -0.0910. The minimum atomic E-state index is 0.146. The molecule has 3 nitrogen and oxygen atoms in total. The van der Waals surface area contributed by atoms with Crippen LogP contribution in [0.15, 0.2) is 6.20 Å². The number of hydrogen-bond donors (Lipinski definition) is 0. The summed E-state index contributed by atoms with van der Waals surface area (Å²) in [5, 5.41) is 5.27. The highest BCUT2D eigenvalue weighted by atomic mass is 127. The van der Waals surface area contributed by atoms with Crippen molar-refractivity contribution in [2.75, 3.05) is 6.61 Å². The van der Waals surface area contributed by atoms with Crippen LogP contribution in [-0.4, -0.2) is 22.0 Å². The Morgan fingerprint density at radius 1 is 1.47 bits per heavy atom. The van der Waals surface area contributed by atoms with Crippen molar-refractivity contribution < 1.29 is 4.74 Å². The van der Waals surface area contributed by atoms with Gasteiger partial charge in [0.05, 0.1) is 16.7 Å². The van der Waals surface area contributed by atoms with Crippen LogP contribution in [0.5, 0.6) is 0 Å². The van der Waals surface area contributed by atoms with E-state index in [0.29, 0.717) is 6.04 Å². The van der Waals surface area contributed by atoms with Crippen LogP contribution in [0.3, 0.4) is 0 Å². The maximum absolute atomic E-state index is 6.08. The van der Waals surface area contributed by atoms with E-state index in [9.17, 15) is 0 Å². The van der Waals surface area contributed by atoms with E-state index >= 15 is 0 Å². The molecule has 1 saturated carbocycles. The van der Waals surface area contributed by atoms with Crippen molar-refractivity contribution in [2.45, 2.75) is 50.2 Å². The summed E-state index contributed by atoms with van der Waals surface area (Å²) in [6.07, 6.45) is 9.16. The molecule has 1 aliphatic carbocycles. The van der Waals surface area contributed by atoms with Gasteiger partial charge in [0.25, 0.3) is 0 Å². The molecular weight excluding hydrogens is 351 g/mol. The summed E-state index contributed by atoms with van der Waals surface area (Å²) in [5.74, 6) is 0. The number of rotatable bonds is 1. The molecule has 1 aromatic rings. The van der Waals surface area contributed by atoms with E-state index in [1.54, 1.807) is 0 Å². The van der Waals surface area contributed by atoms with Gasteiger partial charge in [0.1, 0.15) is 3.70 Å². The Hall–Kier alpha value is 0.190. The second-order valence-electron chi connectivity index (χ2n) is 5.13. The molecule has 2 heterocycles. The number of ether oxygens (including phenoxy) is 1. The Morgan fingerprint density at radius 2 is 2.24 bits per heavy atom. The highest BCUT2D eigenvalue weighted by Crippen LogP contribution is 2.43. The lowest BCUT2D eigenvalue weighted by Gasteiger charge is -2.38. The summed E-state index contributed by atoms with van der Waals surface area (Å²) in [6, 6.07) is 0.461. The number of hydrogen-bond acceptors (Lipinski definition) is 2. The van der Waals surface area contributed by atoms with E-state index in [1.165, 1.54) is 25.7 Å². The maximum atomic E-state index is 6.08. The SMILES string of the molecule is Clc1cn(C2CCOC3(CCCC3)C2)nc1I. The molecule has 1 saturated heterocycles. The first-order valence-corrected chi connectivity index (χ1v) is 7.68. The van der Waals surface area contributed by atoms with Gasteiger partial charge >= 0.3 is 0 Å². The molecule has 1 aromatic heterocycles. The van der Waals surface area contributed by atoms with Crippen molar-refractivity contribution in [3.05, 3.63) is 14.9 Å². The predicted molar refractivity (Wildman–Crippen MR) is 75.4 cm³/mol. The van der Waals surface area contributed by atoms with Crippen LogP contribution in [-0.2, 0) is 4.74 Å². The Balaban J connectivity index is 1.79. The molecule has 0 amide bonds. The van der Waals surface area contributed by atoms with Crippen molar-refractivity contribution in [3.8, 4) is 0 Å². The molecule has 17 heavy (non-hydrogen) atoms. The second-order valence-corrected chi connectivity index (χ2v) is 6.56. The monoisotopic (exact) mass is 366 g/mol. The quantitative estimate of drug-likeness (QED) is 0.707. The molecule has 1 unspecified atom stereocenters. The predicted octanol–water partition coefficient (Wildman–Crippen LogP) is 3.81. The van der Waals surface area contributed by atoms with E-state index in [-0.39, 0.29) is 5.60 Å². The molecule has 1 aliphatic heterocycles. The van der Waals surface area contributed by atoms with E-state index in [4.69, 9.17) is 16.3 Å². The molecule has 0 bridgehead atoms. The Morgan fingerprint density at radius 3 is 2.88 bits per heavy atom. The van der Waals surface area contributed by atoms with E-state index in [2.05, 4.69) is 27.7 Å². The van der Waals surface area contributed by atoms with E-state index < -0.39 is 0 Å². The molecule has 1 spiro atoms. The van der Waals surface area contributed by atoms with Gasteiger partial charge in [-0.3, -0.25) is 4.68 Å². The zero-order valence-corrected chi connectivity index (χ0v) is 12.6. The zero-order valence-electron chi connectivity index (χ0n) is 9.66. The topological polar surface area (TPSA) is 27.1 Å². The summed E-state index contributed by atoms with van der Waals surface area (Å²) in [6.45, 7) is 0.860. The zero-order chi connectivity index (χ0) is 11.9. The van der Waals surface area contributed by atoms with Crippen LogP contribution in [0.25, 0.3) is 0 Å². The van der Waals surface area contributed by atoms with Crippen molar-refractivity contribution >= 4 is 34.2 Å². The number of halogens is 2. The third-order valence-corrected chi connectivity index (χ3v) is 5.39. The lowest BCUT2D eigenvalue weighted by Crippen LogP contribution is -2.38. The maximum Gasteiger partial charge on any atom is 0.141 e. The molecule has 94 valence electrons. The van der Waals surface area contributed by atoms with Gasteiger partial charge in [-0.05, 0) is 48.3 Å². The molecule has 0 aromatic carbocycles. The van der Waals surface area contributed by atoms with Gasteiger partial charge in [-0.25, -0.2) is 0 Å². The highest BCUT2D eigenvalue weighted by molar-refractivity contribution is 14.1. The second kappa shape index (κ2) is 4.70. The largest absolute Gasteiger partial charge is 0.375 e. The molecule has 2 fully saturated rings. The average molecular weight is 367 g/mol. The van der Waals surface area contributed by atoms with Crippen molar-refractivity contribution in [2.24, 2.45) is 0 Å². The van der Waals surface area contributed by atoms with Gasteiger partial charge in [-0.15, -0.1) is 0 Å². The molecule has 3 rings (SSSR count). The molecular formula is C12H16ClIN2O. The molecule has 1 atom stereocenters. The molecule has 5 heteroatoms. The Bertz CT molecular complexity index is 395. The third-order valence-electron chi connectivity index (χ3n) is 4.00. The minimum Gasteiger partial charge on any atom is -0.375 e. The van der Waals surface area contributed by atoms with Gasteiger partial charge in [0.15, 0.2) is 0 Å². The average Bonchev–Trinajstić information content (AvgIpc) is 2.88. The first-order valence-electron chi connectivity index (χ1n) is 6.23. The molecule has 0 radical (unpaired) electrons. The van der Waals surface area contributed by atoms with Gasteiger partial charge in [0, 0.05) is 12.8 Å². The summed E-state index contributed by atoms with van der Waals surface area (Å²) in [4.78, 5) is 0. The van der Waals surface area contributed by atoms with Crippen molar-refractivity contribution in [1.82, 2.24) is 9.78 Å². The number of aromatic nitrogens is 2. The van der Waals surface area contributed by atoms with Gasteiger partial charge in [-0.1, -0.05) is 24.4 Å². The highest BCUT2D eigenvalue weighted by Gasteiger charge is 2.40. The van der Waals surface area contributed by atoms with Crippen LogP contribution in [0.4, 0.5) is 0 Å². The summed E-state index contributed by atoms with van der Waals surface area (Å²) >= 11 is 8.26. The fraction of sp³-hybridized carbons (Fsp3) is 0.750. The van der Waals surface area contributed by atoms with Crippen molar-refractivity contribution in [1.29, 1.82) is 0 Å². The summed E-state index contributed by atoms with van der Waals surface area (Å²) in [5.41, 5.74) is 0.146. The van der Waals surface area contributed by atoms with Gasteiger partial charge < -0.3 is 4.74 Å². The summed E-state index contributed by atoms with van der Waals surface area (Å²) < 4.78 is 8.99. The van der Waals surface area contributed by atoms with Crippen LogP contribution in [0, 0.1) is 3.70 Å². The molecule has 0 N–H and O–H groups in total. The Labute approximate surface area is 120 Å². The van der Waals surface area contributed by atoms with Gasteiger partial charge in [0.2, 0.25) is 0 Å². The van der Waals surface area contributed by atoms with E-state index in [1.807, 2.05) is 10.9 Å². The standard InChI is InChI=1S/C12H16ClIN2O/c13-10-8-16(15-11(10)14)9-3-6-17-12(7-9)4-1-2-5-12/h8-9H,1-7H2. The van der Waals surface area contributed by atoms with Crippen LogP contribution < -0.4 is 0 Å². The van der Waals surface area contributed by atoms with E-state index in [0.717, 1.165) is 28.2 Å². The van der Waals surface area contributed by atoms with Crippen LogP contribution in [0.1, 0.15) is 44.6 Å². The first kappa shape index (κ1) is 12.2. The Kier molecular flexibility index (Phi) is 3.38. The fourth-order valence-corrected chi connectivity index (χ4v) is 3.66. The van der Waals surface area contributed by atoms with Gasteiger partial charge in [-0.2, -0.15) is 5.10 Å².